The molecule has 1 saturated carbocycles. The standard InChI is InChI=1S/C16H18ClF3N2O4/c1-8(2)26-14-9(16(18,19)20)5-10(17)13(22-14)21-11(23)6-15(3-4-15)7-12(24)25/h5,8H,3-4,6-7H2,1-2H3,(H,24,25)(H,21,22,23). The number of aliphatic carboxylic acids is 1. The zero-order chi connectivity index (χ0) is 19.7. The summed E-state index contributed by atoms with van der Waals surface area (Å²) in [6.07, 6.45) is -4.30. The van der Waals surface area contributed by atoms with E-state index in [0.717, 1.165) is 0 Å². The Kier molecular flexibility index (Phi) is 5.70. The van der Waals surface area contributed by atoms with E-state index >= 15 is 0 Å². The van der Waals surface area contributed by atoms with Crippen LogP contribution in [0.25, 0.3) is 0 Å². The SMILES string of the molecule is CC(C)Oc1nc(NC(=O)CC2(CC(=O)O)CC2)c(Cl)cc1C(F)(F)F. The third-order valence-electron chi connectivity index (χ3n) is 3.87. The van der Waals surface area contributed by atoms with Crippen LogP contribution < -0.4 is 10.1 Å². The van der Waals surface area contributed by atoms with Crippen molar-refractivity contribution in [3.8, 4) is 5.88 Å². The molecule has 1 fully saturated rings. The summed E-state index contributed by atoms with van der Waals surface area (Å²) >= 11 is 5.83. The molecule has 1 heterocycles. The van der Waals surface area contributed by atoms with Crippen molar-refractivity contribution in [2.45, 2.75) is 51.8 Å². The van der Waals surface area contributed by atoms with Gasteiger partial charge in [-0.25, -0.2) is 0 Å². The summed E-state index contributed by atoms with van der Waals surface area (Å²) in [5, 5.41) is 10.8. The Morgan fingerprint density at radius 3 is 2.46 bits per heavy atom. The highest BCUT2D eigenvalue weighted by molar-refractivity contribution is 6.33. The van der Waals surface area contributed by atoms with Crippen molar-refractivity contribution in [3.63, 3.8) is 0 Å². The number of ether oxygens (including phenoxy) is 1. The van der Waals surface area contributed by atoms with E-state index in [0.29, 0.717) is 18.9 Å². The second-order valence-electron chi connectivity index (χ2n) is 6.63. The van der Waals surface area contributed by atoms with E-state index in [2.05, 4.69) is 10.3 Å². The maximum absolute atomic E-state index is 13.1. The van der Waals surface area contributed by atoms with Crippen molar-refractivity contribution < 1.29 is 32.6 Å². The van der Waals surface area contributed by atoms with Gasteiger partial charge in [-0.15, -0.1) is 0 Å². The van der Waals surface area contributed by atoms with E-state index in [1.807, 2.05) is 0 Å². The number of nitrogens with zero attached hydrogens (tertiary/aromatic N) is 1. The van der Waals surface area contributed by atoms with Crippen LogP contribution in [0.3, 0.4) is 0 Å². The monoisotopic (exact) mass is 394 g/mol. The smallest absolute Gasteiger partial charge is 0.421 e. The van der Waals surface area contributed by atoms with Gasteiger partial charge in [-0.05, 0) is 38.2 Å². The van der Waals surface area contributed by atoms with Crippen LogP contribution in [0.1, 0.15) is 45.1 Å². The maximum atomic E-state index is 13.1. The third kappa shape index (κ3) is 5.23. The van der Waals surface area contributed by atoms with E-state index < -0.39 is 41.0 Å². The van der Waals surface area contributed by atoms with Gasteiger partial charge in [0.1, 0.15) is 5.56 Å². The number of carbonyl (C=O) groups is 2. The number of carboxylic acids is 1. The molecule has 0 bridgehead atoms. The number of alkyl halides is 3. The molecule has 1 aromatic rings. The quantitative estimate of drug-likeness (QED) is 0.726. The minimum absolute atomic E-state index is 0.0707. The fourth-order valence-corrected chi connectivity index (χ4v) is 2.70. The number of hydrogen-bond donors (Lipinski definition) is 2. The Morgan fingerprint density at radius 2 is 2.00 bits per heavy atom. The predicted molar refractivity (Wildman–Crippen MR) is 87.2 cm³/mol. The van der Waals surface area contributed by atoms with E-state index in [1.54, 1.807) is 0 Å². The lowest BCUT2D eigenvalue weighted by atomic mass is 9.98. The Bertz CT molecular complexity index is 718. The van der Waals surface area contributed by atoms with Gasteiger partial charge in [0, 0.05) is 6.42 Å². The fourth-order valence-electron chi connectivity index (χ4n) is 2.51. The summed E-state index contributed by atoms with van der Waals surface area (Å²) in [6, 6.07) is 0.645. The molecule has 10 heteroatoms. The number of carboxylic acid groups (broad SMARTS) is 1. The lowest BCUT2D eigenvalue weighted by molar-refractivity contribution is -0.140. The van der Waals surface area contributed by atoms with Crippen LogP contribution in [0.4, 0.5) is 19.0 Å². The molecular weight excluding hydrogens is 377 g/mol. The average molecular weight is 395 g/mol. The minimum Gasteiger partial charge on any atom is -0.481 e. The zero-order valence-electron chi connectivity index (χ0n) is 14.1. The predicted octanol–water partition coefficient (Wildman–Crippen LogP) is 4.12. The topological polar surface area (TPSA) is 88.5 Å². The Morgan fingerprint density at radius 1 is 1.38 bits per heavy atom. The number of hydrogen-bond acceptors (Lipinski definition) is 4. The summed E-state index contributed by atoms with van der Waals surface area (Å²) in [6.45, 7) is 3.08. The second-order valence-corrected chi connectivity index (χ2v) is 7.04. The number of amides is 1. The summed E-state index contributed by atoms with van der Waals surface area (Å²) < 4.78 is 44.4. The molecule has 1 amide bonds. The van der Waals surface area contributed by atoms with Crippen LogP contribution >= 0.6 is 11.6 Å². The van der Waals surface area contributed by atoms with E-state index in [1.165, 1.54) is 13.8 Å². The van der Waals surface area contributed by atoms with Crippen molar-refractivity contribution in [1.29, 1.82) is 0 Å². The Hall–Kier alpha value is -2.03. The molecule has 0 unspecified atom stereocenters. The molecule has 0 spiro atoms. The first-order valence-corrected chi connectivity index (χ1v) is 8.26. The Balaban J connectivity index is 2.21. The highest BCUT2D eigenvalue weighted by Gasteiger charge is 2.46. The number of halogens is 4. The fraction of sp³-hybridized carbons (Fsp3) is 0.562. The van der Waals surface area contributed by atoms with Crippen LogP contribution in [0, 0.1) is 5.41 Å². The van der Waals surface area contributed by atoms with Gasteiger partial charge in [-0.2, -0.15) is 18.2 Å². The van der Waals surface area contributed by atoms with Crippen LogP contribution in [0.5, 0.6) is 5.88 Å². The van der Waals surface area contributed by atoms with Crippen molar-refractivity contribution in [1.82, 2.24) is 4.98 Å². The molecule has 0 aliphatic heterocycles. The minimum atomic E-state index is -4.72. The van der Waals surface area contributed by atoms with Gasteiger partial charge in [0.15, 0.2) is 5.82 Å². The highest BCUT2D eigenvalue weighted by atomic mass is 35.5. The number of nitrogens with one attached hydrogen (secondary N) is 1. The van der Waals surface area contributed by atoms with Crippen molar-refractivity contribution in [3.05, 3.63) is 16.7 Å². The van der Waals surface area contributed by atoms with Crippen LogP contribution in [-0.2, 0) is 15.8 Å². The van der Waals surface area contributed by atoms with Crippen molar-refractivity contribution in [2.75, 3.05) is 5.32 Å². The molecule has 0 saturated heterocycles. The zero-order valence-corrected chi connectivity index (χ0v) is 14.9. The van der Waals surface area contributed by atoms with E-state index in [-0.39, 0.29) is 23.7 Å². The number of anilines is 1. The van der Waals surface area contributed by atoms with Crippen molar-refractivity contribution in [2.24, 2.45) is 5.41 Å². The Labute approximate surface area is 152 Å². The number of carbonyl (C=O) groups excluding carboxylic acids is 1. The summed E-state index contributed by atoms with van der Waals surface area (Å²) in [4.78, 5) is 26.7. The molecule has 1 aliphatic rings. The molecule has 0 atom stereocenters. The number of aromatic nitrogens is 1. The lowest BCUT2D eigenvalue weighted by Gasteiger charge is -2.18. The molecule has 6 nitrogen and oxygen atoms in total. The molecular formula is C16H18ClF3N2O4. The van der Waals surface area contributed by atoms with Crippen molar-refractivity contribution >= 4 is 29.3 Å². The van der Waals surface area contributed by atoms with E-state index in [9.17, 15) is 22.8 Å². The molecule has 0 radical (unpaired) electrons. The molecule has 2 rings (SSSR count). The van der Waals surface area contributed by atoms with Gasteiger partial charge in [0.2, 0.25) is 11.8 Å². The molecule has 1 aliphatic carbocycles. The third-order valence-corrected chi connectivity index (χ3v) is 4.16. The van der Waals surface area contributed by atoms with Gasteiger partial charge in [0.05, 0.1) is 17.5 Å². The molecule has 144 valence electrons. The molecule has 26 heavy (non-hydrogen) atoms. The van der Waals surface area contributed by atoms with Crippen LogP contribution in [-0.4, -0.2) is 28.1 Å². The molecule has 0 aromatic carbocycles. The average Bonchev–Trinajstić information content (AvgIpc) is 3.18. The van der Waals surface area contributed by atoms with Gasteiger partial charge in [-0.1, -0.05) is 11.6 Å². The summed E-state index contributed by atoms with van der Waals surface area (Å²) in [5.74, 6) is -2.51. The summed E-state index contributed by atoms with van der Waals surface area (Å²) in [7, 11) is 0. The van der Waals surface area contributed by atoms with Gasteiger partial charge in [0.25, 0.3) is 0 Å². The normalized spacial score (nSPS) is 15.7. The van der Waals surface area contributed by atoms with Gasteiger partial charge < -0.3 is 15.2 Å². The maximum Gasteiger partial charge on any atom is 0.421 e. The summed E-state index contributed by atoms with van der Waals surface area (Å²) in [5.41, 5.74) is -1.75. The second kappa shape index (κ2) is 7.30. The van der Waals surface area contributed by atoms with Crippen LogP contribution in [0.15, 0.2) is 6.07 Å². The number of pyridine rings is 1. The first-order valence-electron chi connectivity index (χ1n) is 7.88. The van der Waals surface area contributed by atoms with Gasteiger partial charge in [-0.3, -0.25) is 9.59 Å². The largest absolute Gasteiger partial charge is 0.481 e. The van der Waals surface area contributed by atoms with Crippen LogP contribution in [0.2, 0.25) is 5.02 Å². The molecule has 2 N–H and O–H groups in total. The molecule has 1 aromatic heterocycles. The first-order chi connectivity index (χ1) is 11.9. The first kappa shape index (κ1) is 20.3. The lowest BCUT2D eigenvalue weighted by Crippen LogP contribution is -2.21. The number of rotatable bonds is 7. The highest BCUT2D eigenvalue weighted by Crippen LogP contribution is 2.52. The van der Waals surface area contributed by atoms with Gasteiger partial charge >= 0.3 is 12.1 Å². The van der Waals surface area contributed by atoms with E-state index in [4.69, 9.17) is 21.4 Å².